The van der Waals surface area contributed by atoms with Crippen LogP contribution in [0.1, 0.15) is 46.8 Å². The van der Waals surface area contributed by atoms with Gasteiger partial charge in [-0.05, 0) is 42.5 Å². The number of hydrogen-bond acceptors (Lipinski definition) is 2. The van der Waals surface area contributed by atoms with Gasteiger partial charge < -0.3 is 10.6 Å². The van der Waals surface area contributed by atoms with E-state index >= 15 is 0 Å². The van der Waals surface area contributed by atoms with Crippen molar-refractivity contribution in [1.82, 2.24) is 5.32 Å². The van der Waals surface area contributed by atoms with E-state index in [-0.39, 0.29) is 17.9 Å². The second-order valence-electron chi connectivity index (χ2n) is 6.75. The van der Waals surface area contributed by atoms with E-state index in [0.29, 0.717) is 28.1 Å². The van der Waals surface area contributed by atoms with E-state index in [9.17, 15) is 4.79 Å². The molecule has 0 spiro atoms. The van der Waals surface area contributed by atoms with E-state index in [0.717, 1.165) is 17.7 Å². The predicted octanol–water partition coefficient (Wildman–Crippen LogP) is 5.57. The Balaban J connectivity index is 1.83. The molecule has 2 aromatic rings. The Hall–Kier alpha value is -1.97. The largest absolute Gasteiger partial charge is 0.377 e. The molecule has 3 atom stereocenters. The molecule has 0 fully saturated rings. The highest BCUT2D eigenvalue weighted by Gasteiger charge is 2.40. The normalized spacial score (nSPS) is 23.1. The minimum Gasteiger partial charge on any atom is -0.377 e. The molecular weight excluding hydrogens is 367 g/mol. The van der Waals surface area contributed by atoms with Crippen molar-refractivity contribution >= 4 is 34.8 Å². The third kappa shape index (κ3) is 2.80. The van der Waals surface area contributed by atoms with Gasteiger partial charge >= 0.3 is 0 Å². The SMILES string of the molecule is CCNC(=O)c1cccc2c1NC(c1cccc(Cl)c1Cl)C1CC=CC21. The molecule has 2 N–H and O–H groups in total. The third-order valence-corrected chi connectivity index (χ3v) is 6.13. The van der Waals surface area contributed by atoms with E-state index in [4.69, 9.17) is 23.2 Å². The molecule has 3 nitrogen and oxygen atoms in total. The Morgan fingerprint density at radius 3 is 2.77 bits per heavy atom. The standard InChI is InChI=1S/C21H20Cl2N2O/c1-2-24-21(26)16-10-4-8-14-12-6-3-7-13(12)19(25-20(14)16)15-9-5-11-17(22)18(15)23/h3-6,8-13,19,25H,2,7H2,1H3,(H,24,26). The smallest absolute Gasteiger partial charge is 0.253 e. The Labute approximate surface area is 163 Å². The Morgan fingerprint density at radius 2 is 1.96 bits per heavy atom. The van der Waals surface area contributed by atoms with Crippen LogP contribution in [0.3, 0.4) is 0 Å². The predicted molar refractivity (Wildman–Crippen MR) is 107 cm³/mol. The van der Waals surface area contributed by atoms with Crippen LogP contribution in [0, 0.1) is 5.92 Å². The summed E-state index contributed by atoms with van der Waals surface area (Å²) in [5.74, 6) is 0.553. The molecule has 1 heterocycles. The first-order valence-corrected chi connectivity index (χ1v) is 9.65. The average molecular weight is 387 g/mol. The molecule has 3 unspecified atom stereocenters. The van der Waals surface area contributed by atoms with Crippen LogP contribution in [0.4, 0.5) is 5.69 Å². The summed E-state index contributed by atoms with van der Waals surface area (Å²) in [5.41, 5.74) is 3.72. The van der Waals surface area contributed by atoms with Crippen molar-refractivity contribution in [2.75, 3.05) is 11.9 Å². The summed E-state index contributed by atoms with van der Waals surface area (Å²) in [4.78, 5) is 12.6. The number of para-hydroxylation sites is 1. The summed E-state index contributed by atoms with van der Waals surface area (Å²) in [6.07, 6.45) is 5.43. The van der Waals surface area contributed by atoms with Gasteiger partial charge in [0.1, 0.15) is 0 Å². The van der Waals surface area contributed by atoms with Crippen molar-refractivity contribution in [1.29, 1.82) is 0 Å². The van der Waals surface area contributed by atoms with Crippen LogP contribution >= 0.6 is 23.2 Å². The summed E-state index contributed by atoms with van der Waals surface area (Å²) >= 11 is 12.8. The van der Waals surface area contributed by atoms with Crippen molar-refractivity contribution in [2.45, 2.75) is 25.3 Å². The lowest BCUT2D eigenvalue weighted by Crippen LogP contribution is -2.32. The molecule has 1 amide bonds. The van der Waals surface area contributed by atoms with E-state index < -0.39 is 0 Å². The lowest BCUT2D eigenvalue weighted by molar-refractivity contribution is 0.0956. The van der Waals surface area contributed by atoms with Crippen molar-refractivity contribution in [3.63, 3.8) is 0 Å². The van der Waals surface area contributed by atoms with E-state index in [1.807, 2.05) is 31.2 Å². The summed E-state index contributed by atoms with van der Waals surface area (Å²) < 4.78 is 0. The summed E-state index contributed by atoms with van der Waals surface area (Å²) in [6.45, 7) is 2.52. The van der Waals surface area contributed by atoms with E-state index in [2.05, 4.69) is 28.9 Å². The van der Waals surface area contributed by atoms with Gasteiger partial charge in [0, 0.05) is 12.5 Å². The van der Waals surface area contributed by atoms with Crippen molar-refractivity contribution in [3.05, 3.63) is 75.3 Å². The Morgan fingerprint density at radius 1 is 1.19 bits per heavy atom. The fourth-order valence-corrected chi connectivity index (χ4v) is 4.56. The van der Waals surface area contributed by atoms with Crippen LogP contribution in [0.15, 0.2) is 48.6 Å². The van der Waals surface area contributed by atoms with Crippen molar-refractivity contribution in [2.24, 2.45) is 5.92 Å². The molecule has 26 heavy (non-hydrogen) atoms. The maximum atomic E-state index is 12.6. The number of fused-ring (bicyclic) bond motifs is 3. The molecule has 2 aliphatic rings. The maximum absolute atomic E-state index is 12.6. The fourth-order valence-electron chi connectivity index (χ4n) is 4.13. The van der Waals surface area contributed by atoms with Gasteiger partial charge in [-0.1, -0.05) is 59.6 Å². The van der Waals surface area contributed by atoms with Gasteiger partial charge in [-0.3, -0.25) is 4.79 Å². The minimum absolute atomic E-state index is 0.00396. The van der Waals surface area contributed by atoms with E-state index in [1.165, 1.54) is 5.56 Å². The molecule has 1 aliphatic carbocycles. The monoisotopic (exact) mass is 386 g/mol. The number of nitrogens with one attached hydrogen (secondary N) is 2. The second kappa shape index (κ2) is 6.98. The van der Waals surface area contributed by atoms with Crippen LogP contribution in [-0.4, -0.2) is 12.5 Å². The highest BCUT2D eigenvalue weighted by Crippen LogP contribution is 2.52. The molecule has 4 rings (SSSR count). The van der Waals surface area contributed by atoms with Gasteiger partial charge in [-0.25, -0.2) is 0 Å². The van der Waals surface area contributed by atoms with Crippen LogP contribution in [-0.2, 0) is 0 Å². The topological polar surface area (TPSA) is 41.1 Å². The number of allylic oxidation sites excluding steroid dienone is 2. The number of amides is 1. The highest BCUT2D eigenvalue weighted by molar-refractivity contribution is 6.42. The van der Waals surface area contributed by atoms with Crippen LogP contribution in [0.2, 0.25) is 10.0 Å². The lowest BCUT2D eigenvalue weighted by Gasteiger charge is -2.38. The molecular formula is C21H20Cl2N2O. The first kappa shape index (κ1) is 17.4. The number of anilines is 1. The van der Waals surface area contributed by atoms with Crippen molar-refractivity contribution in [3.8, 4) is 0 Å². The zero-order valence-corrected chi connectivity index (χ0v) is 15.9. The zero-order valence-electron chi connectivity index (χ0n) is 14.4. The number of carbonyl (C=O) groups is 1. The summed E-state index contributed by atoms with van der Waals surface area (Å²) in [7, 11) is 0. The van der Waals surface area contributed by atoms with Gasteiger partial charge in [0.05, 0.1) is 27.3 Å². The van der Waals surface area contributed by atoms with E-state index in [1.54, 1.807) is 6.07 Å². The van der Waals surface area contributed by atoms with Crippen LogP contribution < -0.4 is 10.6 Å². The molecule has 0 aromatic heterocycles. The van der Waals surface area contributed by atoms with Gasteiger partial charge in [-0.15, -0.1) is 0 Å². The van der Waals surface area contributed by atoms with Gasteiger partial charge in [0.2, 0.25) is 0 Å². The van der Waals surface area contributed by atoms with Crippen molar-refractivity contribution < 1.29 is 4.79 Å². The molecule has 0 saturated heterocycles. The van der Waals surface area contributed by atoms with Crippen LogP contribution in [0.25, 0.3) is 0 Å². The Kier molecular flexibility index (Phi) is 4.68. The summed E-state index contributed by atoms with van der Waals surface area (Å²) in [5, 5.41) is 7.65. The third-order valence-electron chi connectivity index (χ3n) is 5.30. The molecule has 1 aliphatic heterocycles. The number of carbonyl (C=O) groups excluding carboxylic acids is 1. The molecule has 2 aromatic carbocycles. The summed E-state index contributed by atoms with van der Waals surface area (Å²) in [6, 6.07) is 11.7. The molecule has 5 heteroatoms. The lowest BCUT2D eigenvalue weighted by atomic mass is 9.76. The highest BCUT2D eigenvalue weighted by atomic mass is 35.5. The number of hydrogen-bond donors (Lipinski definition) is 2. The number of benzene rings is 2. The van der Waals surface area contributed by atoms with Gasteiger partial charge in [0.25, 0.3) is 5.91 Å². The van der Waals surface area contributed by atoms with Gasteiger partial charge in [-0.2, -0.15) is 0 Å². The molecule has 0 saturated carbocycles. The first-order valence-electron chi connectivity index (χ1n) is 8.90. The quantitative estimate of drug-likeness (QED) is 0.676. The maximum Gasteiger partial charge on any atom is 0.253 e. The first-order chi connectivity index (χ1) is 12.6. The molecule has 0 radical (unpaired) electrons. The van der Waals surface area contributed by atoms with Crippen LogP contribution in [0.5, 0.6) is 0 Å². The minimum atomic E-state index is -0.0618. The second-order valence-corrected chi connectivity index (χ2v) is 7.53. The van der Waals surface area contributed by atoms with Gasteiger partial charge in [0.15, 0.2) is 0 Å². The number of halogens is 2. The fraction of sp³-hybridized carbons (Fsp3) is 0.286. The number of rotatable bonds is 3. The average Bonchev–Trinajstić information content (AvgIpc) is 3.13. The molecule has 0 bridgehead atoms. The molecule has 134 valence electrons. The zero-order chi connectivity index (χ0) is 18.3. The Bertz CT molecular complexity index is 894.